The van der Waals surface area contributed by atoms with Gasteiger partial charge in [-0.25, -0.2) is 4.79 Å². The third-order valence-corrected chi connectivity index (χ3v) is 15.3. The molecule has 0 spiro atoms. The smallest absolute Gasteiger partial charge is 0.334 e. The number of hydrogen-bond acceptors (Lipinski definition) is 6. The van der Waals surface area contributed by atoms with Crippen molar-refractivity contribution < 1.29 is 26.6 Å². The minimum Gasteiger partial charge on any atom is -0.439 e. The number of hydrogen-bond donors (Lipinski definition) is 0. The maximum Gasteiger partial charge on any atom is 0.334 e. The topological polar surface area (TPSA) is 63.2 Å². The second-order valence-corrected chi connectivity index (χ2v) is 28.7. The van der Waals surface area contributed by atoms with Crippen molar-refractivity contribution in [2.45, 2.75) is 90.5 Å². The molecule has 0 aliphatic carbocycles. The van der Waals surface area contributed by atoms with Gasteiger partial charge in [-0.1, -0.05) is 6.58 Å². The van der Waals surface area contributed by atoms with E-state index in [9.17, 15) is 4.79 Å². The highest BCUT2D eigenvalue weighted by Crippen LogP contribution is 2.25. The first-order chi connectivity index (χ1) is 12.3. The van der Waals surface area contributed by atoms with E-state index in [4.69, 9.17) is 21.8 Å². The van der Waals surface area contributed by atoms with Gasteiger partial charge in [0.25, 0.3) is 0 Å². The molecule has 0 amide bonds. The molecule has 0 aromatic rings. The Morgan fingerprint density at radius 2 is 1.39 bits per heavy atom. The zero-order valence-electron chi connectivity index (χ0n) is 19.8. The van der Waals surface area contributed by atoms with E-state index in [1.165, 1.54) is 0 Å². The van der Waals surface area contributed by atoms with Crippen LogP contribution < -0.4 is 0 Å². The van der Waals surface area contributed by atoms with Gasteiger partial charge in [-0.3, -0.25) is 0 Å². The molecule has 0 fully saturated rings. The number of ether oxygens (including phenoxy) is 1. The van der Waals surface area contributed by atoms with Crippen LogP contribution in [0.3, 0.4) is 0 Å². The van der Waals surface area contributed by atoms with Gasteiger partial charge in [0.1, 0.15) is 0 Å². The quantitative estimate of drug-likeness (QED) is 0.166. The number of rotatable bonds is 13. The van der Waals surface area contributed by atoms with Crippen LogP contribution in [0.1, 0.15) is 6.92 Å². The molecule has 0 aromatic heterocycles. The third-order valence-electron chi connectivity index (χ3n) is 3.14. The third kappa shape index (κ3) is 15.0. The molecule has 0 saturated heterocycles. The fraction of sp³-hybridized carbons (Fsp3) is 0.824. The maximum atomic E-state index is 11.8. The molecule has 0 saturated carbocycles. The van der Waals surface area contributed by atoms with Gasteiger partial charge in [-0.2, -0.15) is 0 Å². The molecule has 0 heterocycles. The van der Waals surface area contributed by atoms with Crippen molar-refractivity contribution in [3.05, 3.63) is 12.7 Å². The van der Waals surface area contributed by atoms with Gasteiger partial charge < -0.3 is 21.8 Å². The minimum atomic E-state index is -1.99. The molecular weight excluding hydrogens is 441 g/mol. The van der Waals surface area contributed by atoms with Gasteiger partial charge in [-0.15, -0.1) is 0 Å². The largest absolute Gasteiger partial charge is 0.439 e. The molecule has 2 atom stereocenters. The van der Waals surface area contributed by atoms with Crippen molar-refractivity contribution in [2.24, 2.45) is 0 Å². The molecule has 0 aliphatic heterocycles. The van der Waals surface area contributed by atoms with Crippen LogP contribution in [0.15, 0.2) is 12.7 Å². The average molecular weight is 483 g/mol. The lowest BCUT2D eigenvalue weighted by Gasteiger charge is -2.37. The van der Waals surface area contributed by atoms with E-state index >= 15 is 0 Å². The highest BCUT2D eigenvalue weighted by Gasteiger charge is 2.38. The molecule has 0 radical (unpaired) electrons. The Labute approximate surface area is 178 Å². The monoisotopic (exact) mass is 482 g/mol. The zero-order valence-corrected chi connectivity index (χ0v) is 25.1. The summed E-state index contributed by atoms with van der Waals surface area (Å²) in [5, 5.41) is 0. The van der Waals surface area contributed by atoms with E-state index in [0.717, 1.165) is 18.2 Å². The summed E-state index contributed by atoms with van der Waals surface area (Å²) in [6, 6.07) is 1.79. The van der Waals surface area contributed by atoms with Crippen molar-refractivity contribution >= 4 is 49.2 Å². The summed E-state index contributed by atoms with van der Waals surface area (Å²) < 4.78 is 30.5. The Bertz CT molecular complexity index is 496. The summed E-state index contributed by atoms with van der Waals surface area (Å²) in [6.45, 7) is 26.6. The standard InChI is InChI=1S/C17H42O6Si5/c1-13-16(18)19-17(2,21-26(4,5)6)20-24(3)14-15-25(22-27(7,8)9)23-28(10,11)12/h13,24-25H,1,14-15H2,2-12H3. The molecule has 0 rings (SSSR count). The molecule has 0 bridgehead atoms. The summed E-state index contributed by atoms with van der Waals surface area (Å²) in [5.41, 5.74) is 0. The SMILES string of the molecule is C=CC(=O)OC(C)(O[SiH](C)CC[SiH](O[Si](C)(C)C)O[Si](C)(C)C)O[Si](C)(C)C. The highest BCUT2D eigenvalue weighted by atomic mass is 28.4. The maximum absolute atomic E-state index is 11.8. The second kappa shape index (κ2) is 11.0. The molecular formula is C17H42O6Si5. The van der Waals surface area contributed by atoms with Crippen LogP contribution in [-0.2, 0) is 26.6 Å². The van der Waals surface area contributed by atoms with Gasteiger partial charge >= 0.3 is 21.2 Å². The van der Waals surface area contributed by atoms with E-state index < -0.39 is 55.2 Å². The minimum absolute atomic E-state index is 0.543. The molecule has 28 heavy (non-hydrogen) atoms. The Hall–Kier alpha value is 0.134. The molecule has 0 aliphatic rings. The molecule has 11 heteroatoms. The van der Waals surface area contributed by atoms with Crippen LogP contribution >= 0.6 is 0 Å². The number of esters is 1. The molecule has 0 N–H and O–H groups in total. The van der Waals surface area contributed by atoms with Gasteiger partial charge in [0.05, 0.1) is 0 Å². The predicted molar refractivity (Wildman–Crippen MR) is 129 cm³/mol. The Balaban J connectivity index is 5.07. The van der Waals surface area contributed by atoms with E-state index in [2.05, 4.69) is 52.4 Å². The van der Waals surface area contributed by atoms with Crippen molar-refractivity contribution in [3.63, 3.8) is 0 Å². The summed E-state index contributed by atoms with van der Waals surface area (Å²) in [7, 11) is -8.77. The first kappa shape index (κ1) is 28.1. The summed E-state index contributed by atoms with van der Waals surface area (Å²) >= 11 is 0. The fourth-order valence-electron chi connectivity index (χ4n) is 2.58. The lowest BCUT2D eigenvalue weighted by Crippen LogP contribution is -2.48. The Morgan fingerprint density at radius 3 is 1.75 bits per heavy atom. The number of carbonyl (C=O) groups excluding carboxylic acids is 1. The van der Waals surface area contributed by atoms with E-state index in [-0.39, 0.29) is 0 Å². The first-order valence-electron chi connectivity index (χ1n) is 9.93. The molecule has 6 nitrogen and oxygen atoms in total. The lowest BCUT2D eigenvalue weighted by atomic mass is 10.6. The summed E-state index contributed by atoms with van der Waals surface area (Å²) in [4.78, 5) is 11.8. The molecule has 0 aromatic carbocycles. The van der Waals surface area contributed by atoms with Gasteiger partial charge in [0.2, 0.25) is 0 Å². The second-order valence-electron chi connectivity index (χ2n) is 10.1. The highest BCUT2D eigenvalue weighted by molar-refractivity contribution is 6.81. The van der Waals surface area contributed by atoms with E-state index in [1.54, 1.807) is 6.92 Å². The zero-order chi connectivity index (χ0) is 22.4. The fourth-order valence-corrected chi connectivity index (χ4v) is 15.7. The molecule has 2 unspecified atom stereocenters. The van der Waals surface area contributed by atoms with Crippen LogP contribution in [0.5, 0.6) is 0 Å². The van der Waals surface area contributed by atoms with E-state index in [0.29, 0.717) is 0 Å². The van der Waals surface area contributed by atoms with Crippen molar-refractivity contribution in [1.82, 2.24) is 0 Å². The van der Waals surface area contributed by atoms with Crippen LogP contribution in [0, 0.1) is 0 Å². The Kier molecular flexibility index (Phi) is 11.0. The normalized spacial score (nSPS) is 16.6. The van der Waals surface area contributed by atoms with Crippen molar-refractivity contribution in [2.75, 3.05) is 0 Å². The van der Waals surface area contributed by atoms with Gasteiger partial charge in [0.15, 0.2) is 34.0 Å². The van der Waals surface area contributed by atoms with Crippen LogP contribution in [0.25, 0.3) is 0 Å². The lowest BCUT2D eigenvalue weighted by molar-refractivity contribution is -0.279. The summed E-state index contributed by atoms with van der Waals surface area (Å²) in [6.07, 6.45) is 1.13. The van der Waals surface area contributed by atoms with Crippen molar-refractivity contribution in [3.8, 4) is 0 Å². The van der Waals surface area contributed by atoms with Crippen molar-refractivity contribution in [1.29, 1.82) is 0 Å². The van der Waals surface area contributed by atoms with Gasteiger partial charge in [-0.05, 0) is 77.6 Å². The average Bonchev–Trinajstić information content (AvgIpc) is 2.38. The first-order valence-corrected chi connectivity index (χ1v) is 24.4. The Morgan fingerprint density at radius 1 is 0.929 bits per heavy atom. The predicted octanol–water partition coefficient (Wildman–Crippen LogP) is 4.53. The van der Waals surface area contributed by atoms with Gasteiger partial charge in [0, 0.05) is 13.0 Å². The molecule has 166 valence electrons. The van der Waals surface area contributed by atoms with Crippen LogP contribution in [0.4, 0.5) is 0 Å². The van der Waals surface area contributed by atoms with E-state index in [1.807, 2.05) is 19.6 Å². The van der Waals surface area contributed by atoms with Crippen LogP contribution in [-0.4, -0.2) is 55.2 Å². The van der Waals surface area contributed by atoms with Crippen LogP contribution in [0.2, 0.25) is 77.6 Å². The number of carbonyl (C=O) groups is 1. The summed E-state index contributed by atoms with van der Waals surface area (Å²) in [5.74, 6) is -1.91.